The first-order valence-corrected chi connectivity index (χ1v) is 7.54. The van der Waals surface area contributed by atoms with Crippen LogP contribution in [0.5, 0.6) is 0 Å². The van der Waals surface area contributed by atoms with Crippen LogP contribution in [0.2, 0.25) is 0 Å². The lowest BCUT2D eigenvalue weighted by molar-refractivity contribution is 0.0695. The average molecular weight is 314 g/mol. The predicted octanol–water partition coefficient (Wildman–Crippen LogP) is 1.71. The van der Waals surface area contributed by atoms with Crippen molar-refractivity contribution in [2.45, 2.75) is 31.7 Å². The Morgan fingerprint density at radius 3 is 2.70 bits per heavy atom. The van der Waals surface area contributed by atoms with Gasteiger partial charge in [-0.25, -0.2) is 4.79 Å². The fraction of sp³-hybridized carbons (Fsp3) is 0.375. The minimum absolute atomic E-state index is 0.0560. The van der Waals surface area contributed by atoms with Crippen LogP contribution in [0.4, 0.5) is 0 Å². The van der Waals surface area contributed by atoms with Gasteiger partial charge in [-0.05, 0) is 36.5 Å². The smallest absolute Gasteiger partial charge is 0.337 e. The molecule has 0 spiro atoms. The van der Waals surface area contributed by atoms with E-state index in [9.17, 15) is 9.59 Å². The van der Waals surface area contributed by atoms with Crippen molar-refractivity contribution in [2.24, 2.45) is 7.05 Å². The third kappa shape index (κ3) is 3.08. The Kier molecular flexibility index (Phi) is 4.10. The molecule has 1 aliphatic rings. The van der Waals surface area contributed by atoms with Gasteiger partial charge in [-0.3, -0.25) is 14.5 Å². The fourth-order valence-corrected chi connectivity index (χ4v) is 2.67. The highest BCUT2D eigenvalue weighted by molar-refractivity contribution is 5.93. The zero-order chi connectivity index (χ0) is 16.4. The Hall–Kier alpha value is -2.70. The fourth-order valence-electron chi connectivity index (χ4n) is 2.67. The van der Waals surface area contributed by atoms with Crippen molar-refractivity contribution in [3.8, 4) is 0 Å². The lowest BCUT2D eigenvalue weighted by Gasteiger charge is -2.25. The lowest BCUT2D eigenvalue weighted by Crippen LogP contribution is -2.26. The van der Waals surface area contributed by atoms with Gasteiger partial charge in [0.1, 0.15) is 5.69 Å². The summed E-state index contributed by atoms with van der Waals surface area (Å²) in [5.41, 5.74) is 2.46. The van der Waals surface area contributed by atoms with Gasteiger partial charge in [-0.15, -0.1) is 0 Å². The molecule has 2 aromatic heterocycles. The van der Waals surface area contributed by atoms with Crippen molar-refractivity contribution in [2.75, 3.05) is 0 Å². The average Bonchev–Trinajstić information content (AvgIpc) is 2.84. The van der Waals surface area contributed by atoms with Crippen LogP contribution in [0.25, 0.3) is 0 Å². The number of hydrogen-bond acceptors (Lipinski definition) is 4. The molecule has 0 bridgehead atoms. The van der Waals surface area contributed by atoms with E-state index in [1.54, 1.807) is 4.68 Å². The number of nitrogens with zero attached hydrogens (tertiary/aromatic N) is 3. The normalized spacial score (nSPS) is 14.3. The van der Waals surface area contributed by atoms with Crippen LogP contribution in [0.15, 0.2) is 24.5 Å². The van der Waals surface area contributed by atoms with Gasteiger partial charge in [0.05, 0.1) is 24.0 Å². The van der Waals surface area contributed by atoms with Gasteiger partial charge in [0.2, 0.25) is 0 Å². The number of carbonyl (C=O) groups excluding carboxylic acids is 1. The minimum Gasteiger partial charge on any atom is -0.478 e. The molecule has 1 amide bonds. The summed E-state index contributed by atoms with van der Waals surface area (Å²) in [4.78, 5) is 26.8. The van der Waals surface area contributed by atoms with Gasteiger partial charge in [0.25, 0.3) is 5.91 Å². The third-order valence-electron chi connectivity index (χ3n) is 4.30. The Morgan fingerprint density at radius 1 is 1.35 bits per heavy atom. The van der Waals surface area contributed by atoms with Gasteiger partial charge < -0.3 is 10.4 Å². The standard InChI is InChI=1S/C16H18N4O3/c1-20-14(12(8-19-20)10-3-2-4-10)9-18-15(21)13-6-5-11(7-17-13)16(22)23/h5-8,10H,2-4,9H2,1H3,(H,18,21)(H,22,23). The number of aromatic carboxylic acids is 1. The maximum Gasteiger partial charge on any atom is 0.337 e. The van der Waals surface area contributed by atoms with E-state index >= 15 is 0 Å². The number of aromatic nitrogens is 3. The van der Waals surface area contributed by atoms with Gasteiger partial charge >= 0.3 is 5.97 Å². The summed E-state index contributed by atoms with van der Waals surface area (Å²) in [6.45, 7) is 0.379. The molecule has 7 heteroatoms. The number of carboxylic acids is 1. The van der Waals surface area contributed by atoms with E-state index in [4.69, 9.17) is 5.11 Å². The number of aryl methyl sites for hydroxylation is 1. The molecular weight excluding hydrogens is 296 g/mol. The molecule has 3 rings (SSSR count). The summed E-state index contributed by atoms with van der Waals surface area (Å²) in [7, 11) is 1.86. The molecule has 0 unspecified atom stereocenters. The number of rotatable bonds is 5. The molecule has 1 saturated carbocycles. The van der Waals surface area contributed by atoms with Gasteiger partial charge in [0.15, 0.2) is 0 Å². The molecule has 0 aliphatic heterocycles. The van der Waals surface area contributed by atoms with Gasteiger partial charge in [-0.1, -0.05) is 6.42 Å². The SMILES string of the molecule is Cn1ncc(C2CCC2)c1CNC(=O)c1ccc(C(=O)O)cn1. The van der Waals surface area contributed by atoms with Crippen LogP contribution in [0, 0.1) is 0 Å². The van der Waals surface area contributed by atoms with Crippen molar-refractivity contribution in [1.29, 1.82) is 0 Å². The molecule has 0 atom stereocenters. The van der Waals surface area contributed by atoms with E-state index in [1.807, 2.05) is 13.2 Å². The van der Waals surface area contributed by atoms with Crippen LogP contribution in [-0.2, 0) is 13.6 Å². The number of pyridine rings is 1. The molecule has 0 aromatic carbocycles. The summed E-state index contributed by atoms with van der Waals surface area (Å²) < 4.78 is 1.79. The third-order valence-corrected chi connectivity index (χ3v) is 4.30. The van der Waals surface area contributed by atoms with Crippen LogP contribution in [0.1, 0.15) is 57.3 Å². The number of amides is 1. The molecule has 0 radical (unpaired) electrons. The van der Waals surface area contributed by atoms with Crippen LogP contribution in [-0.4, -0.2) is 31.7 Å². The zero-order valence-corrected chi connectivity index (χ0v) is 12.8. The van der Waals surface area contributed by atoms with Gasteiger partial charge in [-0.2, -0.15) is 5.10 Å². The summed E-state index contributed by atoms with van der Waals surface area (Å²) >= 11 is 0. The monoisotopic (exact) mass is 314 g/mol. The topological polar surface area (TPSA) is 97.1 Å². The summed E-state index contributed by atoms with van der Waals surface area (Å²) in [5, 5.41) is 15.9. The van der Waals surface area contributed by atoms with E-state index in [0.29, 0.717) is 12.5 Å². The second kappa shape index (κ2) is 6.20. The predicted molar refractivity (Wildman–Crippen MR) is 82.2 cm³/mol. The summed E-state index contributed by atoms with van der Waals surface area (Å²) in [6.07, 6.45) is 6.65. The molecule has 7 nitrogen and oxygen atoms in total. The summed E-state index contributed by atoms with van der Waals surface area (Å²) in [5.74, 6) is -0.851. The summed E-state index contributed by atoms with van der Waals surface area (Å²) in [6, 6.07) is 2.78. The number of carbonyl (C=O) groups is 2. The van der Waals surface area contributed by atoms with E-state index in [1.165, 1.54) is 43.2 Å². The Balaban J connectivity index is 1.67. The van der Waals surface area contributed by atoms with Crippen LogP contribution in [0.3, 0.4) is 0 Å². The molecule has 23 heavy (non-hydrogen) atoms. The first-order valence-electron chi connectivity index (χ1n) is 7.54. The molecule has 2 heterocycles. The largest absolute Gasteiger partial charge is 0.478 e. The van der Waals surface area contributed by atoms with Gasteiger partial charge in [0, 0.05) is 13.2 Å². The second-order valence-electron chi connectivity index (χ2n) is 5.72. The van der Waals surface area contributed by atoms with E-state index < -0.39 is 5.97 Å². The molecule has 1 aliphatic carbocycles. The maximum absolute atomic E-state index is 12.1. The van der Waals surface area contributed by atoms with Crippen molar-refractivity contribution >= 4 is 11.9 Å². The molecular formula is C16H18N4O3. The molecule has 1 fully saturated rings. The quantitative estimate of drug-likeness (QED) is 0.875. The molecule has 0 saturated heterocycles. The minimum atomic E-state index is -1.07. The van der Waals surface area contributed by atoms with E-state index in [0.717, 1.165) is 5.69 Å². The first kappa shape index (κ1) is 15.2. The van der Waals surface area contributed by atoms with E-state index in [2.05, 4.69) is 15.4 Å². The number of nitrogens with one attached hydrogen (secondary N) is 1. The van der Waals surface area contributed by atoms with Crippen LogP contribution < -0.4 is 5.32 Å². The Labute approximate surface area is 133 Å². The number of carboxylic acid groups (broad SMARTS) is 1. The highest BCUT2D eigenvalue weighted by Gasteiger charge is 2.24. The van der Waals surface area contributed by atoms with Crippen molar-refractivity contribution in [1.82, 2.24) is 20.1 Å². The van der Waals surface area contributed by atoms with Crippen LogP contribution >= 0.6 is 0 Å². The molecule has 2 aromatic rings. The maximum atomic E-state index is 12.1. The van der Waals surface area contributed by atoms with Crippen molar-refractivity contribution < 1.29 is 14.7 Å². The number of hydrogen-bond donors (Lipinski definition) is 2. The first-order chi connectivity index (χ1) is 11.1. The Bertz CT molecular complexity index is 732. The lowest BCUT2D eigenvalue weighted by atomic mass is 9.80. The zero-order valence-electron chi connectivity index (χ0n) is 12.8. The highest BCUT2D eigenvalue weighted by Crippen LogP contribution is 2.37. The van der Waals surface area contributed by atoms with E-state index in [-0.39, 0.29) is 17.2 Å². The molecule has 2 N–H and O–H groups in total. The van der Waals surface area contributed by atoms with Crippen molar-refractivity contribution in [3.63, 3.8) is 0 Å². The van der Waals surface area contributed by atoms with Crippen molar-refractivity contribution in [3.05, 3.63) is 47.0 Å². The highest BCUT2D eigenvalue weighted by atomic mass is 16.4. The molecule has 120 valence electrons. The second-order valence-corrected chi connectivity index (χ2v) is 5.72. The Morgan fingerprint density at radius 2 is 2.13 bits per heavy atom.